The standard InChI is InChI=1S/C16H16N2O4/c1-11-12(5-2-3-8-15(20)21)6-4-7-13(11)18-10-9-14(19)17-16(18)22/h4,6-7H,3,8-10H2,1H3,(H,20,21)(H,17,19,22). The lowest BCUT2D eigenvalue weighted by Gasteiger charge is -2.28. The van der Waals surface area contributed by atoms with Gasteiger partial charge in [0.05, 0.1) is 6.42 Å². The SMILES string of the molecule is Cc1c(C#CCCC(=O)O)cccc1N1CCC(=O)NC1=O. The lowest BCUT2D eigenvalue weighted by Crippen LogP contribution is -2.49. The van der Waals surface area contributed by atoms with Crippen molar-refractivity contribution in [1.29, 1.82) is 0 Å². The molecule has 1 aromatic carbocycles. The molecule has 0 spiro atoms. The number of hydrogen-bond donors (Lipinski definition) is 2. The number of carbonyl (C=O) groups excluding carboxylic acids is 2. The summed E-state index contributed by atoms with van der Waals surface area (Å²) < 4.78 is 0. The molecule has 6 nitrogen and oxygen atoms in total. The number of aliphatic carboxylic acids is 1. The fourth-order valence-electron chi connectivity index (χ4n) is 2.17. The third-order valence-electron chi connectivity index (χ3n) is 3.34. The van der Waals surface area contributed by atoms with Crippen molar-refractivity contribution in [1.82, 2.24) is 5.32 Å². The first-order valence-corrected chi connectivity index (χ1v) is 6.90. The number of urea groups is 1. The Labute approximate surface area is 128 Å². The van der Waals surface area contributed by atoms with Gasteiger partial charge in [0, 0.05) is 30.6 Å². The number of anilines is 1. The van der Waals surface area contributed by atoms with Gasteiger partial charge < -0.3 is 5.11 Å². The lowest BCUT2D eigenvalue weighted by molar-refractivity contribution is -0.136. The van der Waals surface area contributed by atoms with Crippen LogP contribution in [0.3, 0.4) is 0 Å². The molecule has 0 aliphatic carbocycles. The zero-order valence-corrected chi connectivity index (χ0v) is 12.2. The van der Waals surface area contributed by atoms with Crippen LogP contribution in [0.2, 0.25) is 0 Å². The van der Waals surface area contributed by atoms with E-state index in [0.717, 1.165) is 11.1 Å². The van der Waals surface area contributed by atoms with Crippen molar-refractivity contribution in [3.63, 3.8) is 0 Å². The van der Waals surface area contributed by atoms with Gasteiger partial charge in [0.1, 0.15) is 0 Å². The zero-order valence-electron chi connectivity index (χ0n) is 12.2. The molecule has 1 heterocycles. The average molecular weight is 300 g/mol. The summed E-state index contributed by atoms with van der Waals surface area (Å²) in [5, 5.41) is 10.9. The van der Waals surface area contributed by atoms with Crippen LogP contribution >= 0.6 is 0 Å². The van der Waals surface area contributed by atoms with Crippen LogP contribution < -0.4 is 10.2 Å². The number of carboxylic acid groups (broad SMARTS) is 1. The molecular formula is C16H16N2O4. The Kier molecular flexibility index (Phi) is 4.79. The minimum atomic E-state index is -0.880. The van der Waals surface area contributed by atoms with E-state index in [2.05, 4.69) is 17.2 Å². The van der Waals surface area contributed by atoms with E-state index in [1.807, 2.05) is 13.0 Å². The summed E-state index contributed by atoms with van der Waals surface area (Å²) in [5.74, 6) is 4.60. The number of nitrogens with one attached hydrogen (secondary N) is 1. The first kappa shape index (κ1) is 15.6. The number of nitrogens with zero attached hydrogens (tertiary/aromatic N) is 1. The number of carbonyl (C=O) groups is 3. The maximum Gasteiger partial charge on any atom is 0.328 e. The maximum atomic E-state index is 11.9. The molecular weight excluding hydrogens is 284 g/mol. The van der Waals surface area contributed by atoms with Gasteiger partial charge in [-0.15, -0.1) is 0 Å². The minimum Gasteiger partial charge on any atom is -0.481 e. The van der Waals surface area contributed by atoms with Crippen LogP contribution in [0.4, 0.5) is 10.5 Å². The van der Waals surface area contributed by atoms with Crippen LogP contribution in [-0.4, -0.2) is 29.6 Å². The molecule has 1 fully saturated rings. The summed E-state index contributed by atoms with van der Waals surface area (Å²) in [7, 11) is 0. The Bertz CT molecular complexity index is 685. The Morgan fingerprint density at radius 1 is 1.41 bits per heavy atom. The first-order chi connectivity index (χ1) is 10.5. The van der Waals surface area contributed by atoms with Gasteiger partial charge >= 0.3 is 12.0 Å². The van der Waals surface area contributed by atoms with Crippen LogP contribution in [0.25, 0.3) is 0 Å². The lowest BCUT2D eigenvalue weighted by atomic mass is 10.1. The number of carboxylic acids is 1. The first-order valence-electron chi connectivity index (χ1n) is 6.90. The smallest absolute Gasteiger partial charge is 0.328 e. The molecule has 1 saturated heterocycles. The van der Waals surface area contributed by atoms with Crippen LogP contribution in [-0.2, 0) is 9.59 Å². The average Bonchev–Trinajstić information content (AvgIpc) is 2.45. The van der Waals surface area contributed by atoms with Gasteiger partial charge in [-0.05, 0) is 24.6 Å². The molecule has 6 heteroatoms. The maximum absolute atomic E-state index is 11.9. The normalized spacial score (nSPS) is 14.1. The number of benzene rings is 1. The van der Waals surface area contributed by atoms with Crippen LogP contribution in [0, 0.1) is 18.8 Å². The Morgan fingerprint density at radius 3 is 2.86 bits per heavy atom. The second-order valence-electron chi connectivity index (χ2n) is 4.90. The van der Waals surface area contributed by atoms with Gasteiger partial charge in [-0.25, -0.2) is 4.79 Å². The van der Waals surface area contributed by atoms with Crippen molar-refractivity contribution >= 4 is 23.6 Å². The summed E-state index contributed by atoms with van der Waals surface area (Å²) in [6.45, 7) is 2.18. The molecule has 0 atom stereocenters. The van der Waals surface area contributed by atoms with Crippen molar-refractivity contribution < 1.29 is 19.5 Å². The summed E-state index contributed by atoms with van der Waals surface area (Å²) in [6, 6.07) is 4.97. The zero-order chi connectivity index (χ0) is 16.1. The molecule has 114 valence electrons. The topological polar surface area (TPSA) is 86.7 Å². The Morgan fingerprint density at radius 2 is 2.18 bits per heavy atom. The Balaban J connectivity index is 2.20. The summed E-state index contributed by atoms with van der Waals surface area (Å²) in [4.78, 5) is 35.1. The summed E-state index contributed by atoms with van der Waals surface area (Å²) in [6.07, 6.45) is 0.541. The molecule has 3 amide bonds. The van der Waals surface area contributed by atoms with Crippen LogP contribution in [0.15, 0.2) is 18.2 Å². The van der Waals surface area contributed by atoms with Gasteiger partial charge in [0.2, 0.25) is 5.91 Å². The quantitative estimate of drug-likeness (QED) is 0.831. The third kappa shape index (κ3) is 3.64. The van der Waals surface area contributed by atoms with E-state index in [1.54, 1.807) is 12.1 Å². The monoisotopic (exact) mass is 300 g/mol. The highest BCUT2D eigenvalue weighted by Crippen LogP contribution is 2.24. The van der Waals surface area contributed by atoms with E-state index in [0.29, 0.717) is 12.2 Å². The van der Waals surface area contributed by atoms with E-state index >= 15 is 0 Å². The second-order valence-corrected chi connectivity index (χ2v) is 4.90. The van der Waals surface area contributed by atoms with Gasteiger partial charge in [-0.1, -0.05) is 17.9 Å². The predicted octanol–water partition coefficient (Wildman–Crippen LogP) is 1.66. The fraction of sp³-hybridized carbons (Fsp3) is 0.312. The third-order valence-corrected chi connectivity index (χ3v) is 3.34. The highest BCUT2D eigenvalue weighted by atomic mass is 16.4. The number of imide groups is 1. The van der Waals surface area contributed by atoms with Gasteiger partial charge in [0.15, 0.2) is 0 Å². The van der Waals surface area contributed by atoms with Crippen molar-refractivity contribution in [2.45, 2.75) is 26.2 Å². The predicted molar refractivity (Wildman–Crippen MR) is 80.4 cm³/mol. The highest BCUT2D eigenvalue weighted by Gasteiger charge is 2.25. The van der Waals surface area contributed by atoms with Crippen LogP contribution in [0.1, 0.15) is 30.4 Å². The summed E-state index contributed by atoms with van der Waals surface area (Å²) in [5.41, 5.74) is 2.28. The molecule has 0 bridgehead atoms. The van der Waals surface area contributed by atoms with Gasteiger partial charge in [-0.3, -0.25) is 19.8 Å². The van der Waals surface area contributed by atoms with Gasteiger partial charge in [0.25, 0.3) is 0 Å². The largest absolute Gasteiger partial charge is 0.481 e. The fourth-order valence-corrected chi connectivity index (χ4v) is 2.17. The molecule has 0 unspecified atom stereocenters. The number of hydrogen-bond acceptors (Lipinski definition) is 3. The van der Waals surface area contributed by atoms with Crippen molar-refractivity contribution in [3.8, 4) is 11.8 Å². The van der Waals surface area contributed by atoms with E-state index < -0.39 is 12.0 Å². The molecule has 0 saturated carbocycles. The Hall–Kier alpha value is -2.81. The molecule has 2 rings (SSSR count). The van der Waals surface area contributed by atoms with Crippen molar-refractivity contribution in [3.05, 3.63) is 29.3 Å². The van der Waals surface area contributed by atoms with Crippen molar-refractivity contribution in [2.24, 2.45) is 0 Å². The molecule has 1 aliphatic heterocycles. The van der Waals surface area contributed by atoms with E-state index in [9.17, 15) is 14.4 Å². The number of rotatable bonds is 3. The molecule has 1 aromatic rings. The molecule has 1 aliphatic rings. The number of amides is 3. The van der Waals surface area contributed by atoms with E-state index in [-0.39, 0.29) is 25.2 Å². The molecule has 0 radical (unpaired) electrons. The van der Waals surface area contributed by atoms with Crippen molar-refractivity contribution in [2.75, 3.05) is 11.4 Å². The van der Waals surface area contributed by atoms with E-state index in [1.165, 1.54) is 4.90 Å². The van der Waals surface area contributed by atoms with Crippen LogP contribution in [0.5, 0.6) is 0 Å². The highest BCUT2D eigenvalue weighted by molar-refractivity contribution is 6.06. The minimum absolute atomic E-state index is 0.00236. The van der Waals surface area contributed by atoms with Gasteiger partial charge in [-0.2, -0.15) is 0 Å². The second kappa shape index (κ2) is 6.76. The summed E-state index contributed by atoms with van der Waals surface area (Å²) >= 11 is 0. The molecule has 0 aromatic heterocycles. The van der Waals surface area contributed by atoms with E-state index in [4.69, 9.17) is 5.11 Å². The molecule has 22 heavy (non-hydrogen) atoms. The molecule has 2 N–H and O–H groups in total.